The van der Waals surface area contributed by atoms with E-state index in [2.05, 4.69) is 52.7 Å². The molecule has 1 aromatic heterocycles. The predicted octanol–water partition coefficient (Wildman–Crippen LogP) is 2.76. The summed E-state index contributed by atoms with van der Waals surface area (Å²) in [5.41, 5.74) is 3.51. The van der Waals surface area contributed by atoms with Gasteiger partial charge >= 0.3 is 0 Å². The molecular formula is C14H9BBrNO. The molecule has 0 radical (unpaired) electrons. The van der Waals surface area contributed by atoms with E-state index in [1.54, 1.807) is 0 Å². The fraction of sp³-hybridized carbons (Fsp3) is 0. The van der Waals surface area contributed by atoms with E-state index < -0.39 is 0 Å². The van der Waals surface area contributed by atoms with Crippen LogP contribution in [0.4, 0.5) is 0 Å². The van der Waals surface area contributed by atoms with Crippen molar-refractivity contribution in [2.24, 2.45) is 0 Å². The third-order valence-electron chi connectivity index (χ3n) is 3.43. The lowest BCUT2D eigenvalue weighted by Gasteiger charge is -2.20. The van der Waals surface area contributed by atoms with E-state index in [-0.39, 0.29) is 0 Å². The van der Waals surface area contributed by atoms with Gasteiger partial charge in [-0.1, -0.05) is 27.5 Å². The largest absolute Gasteiger partial charge is 0.453 e. The Kier molecular flexibility index (Phi) is 1.95. The van der Waals surface area contributed by atoms with Crippen molar-refractivity contribution in [2.75, 3.05) is 0 Å². The van der Waals surface area contributed by atoms with Crippen LogP contribution in [0, 0.1) is 0 Å². The summed E-state index contributed by atoms with van der Waals surface area (Å²) in [6.07, 6.45) is 2.11. The molecule has 4 rings (SSSR count). The number of ether oxygens (including phenoxy) is 1. The minimum atomic E-state index is 0.895. The average molecular weight is 298 g/mol. The summed E-state index contributed by atoms with van der Waals surface area (Å²) in [4.78, 5) is 0. The maximum Gasteiger partial charge on any atom is 0.152 e. The van der Waals surface area contributed by atoms with E-state index in [0.29, 0.717) is 0 Å². The molecule has 18 heavy (non-hydrogen) atoms. The highest BCUT2D eigenvalue weighted by Crippen LogP contribution is 2.40. The Hall–Kier alpha value is -1.68. The molecule has 0 bridgehead atoms. The first kappa shape index (κ1) is 10.3. The van der Waals surface area contributed by atoms with Crippen molar-refractivity contribution < 1.29 is 4.74 Å². The van der Waals surface area contributed by atoms with Gasteiger partial charge in [-0.25, -0.2) is 0 Å². The lowest BCUT2D eigenvalue weighted by Crippen LogP contribution is -2.08. The second-order valence-electron chi connectivity index (χ2n) is 4.54. The summed E-state index contributed by atoms with van der Waals surface area (Å²) in [7, 11) is 2.12. The van der Waals surface area contributed by atoms with Crippen molar-refractivity contribution in [3.8, 4) is 17.2 Å². The number of fused-ring (bicyclic) bond motifs is 2. The third-order valence-corrected chi connectivity index (χ3v) is 3.92. The monoisotopic (exact) mass is 297 g/mol. The first-order valence-corrected chi connectivity index (χ1v) is 6.62. The van der Waals surface area contributed by atoms with E-state index in [9.17, 15) is 0 Å². The maximum absolute atomic E-state index is 5.98. The maximum atomic E-state index is 5.98. The zero-order valence-corrected chi connectivity index (χ0v) is 11.4. The number of hydrogen-bond donors (Lipinski definition) is 0. The molecule has 86 valence electrons. The average Bonchev–Trinajstić information content (AvgIpc) is 2.81. The quantitative estimate of drug-likeness (QED) is 0.455. The van der Waals surface area contributed by atoms with Gasteiger partial charge in [0.25, 0.3) is 0 Å². The zero-order chi connectivity index (χ0) is 12.3. The summed E-state index contributed by atoms with van der Waals surface area (Å²) < 4.78 is 9.23. The molecule has 0 spiro atoms. The molecule has 0 unspecified atom stereocenters. The van der Waals surface area contributed by atoms with Gasteiger partial charge in [-0.15, -0.1) is 0 Å². The Morgan fingerprint density at radius 1 is 1.06 bits per heavy atom. The van der Waals surface area contributed by atoms with Gasteiger partial charge in [-0.05, 0) is 35.7 Å². The summed E-state index contributed by atoms with van der Waals surface area (Å²) in [5.74, 6) is 1.82. The highest BCUT2D eigenvalue weighted by atomic mass is 79.9. The van der Waals surface area contributed by atoms with Crippen molar-refractivity contribution in [2.45, 2.75) is 0 Å². The van der Waals surface area contributed by atoms with Gasteiger partial charge in [0.05, 0.1) is 11.2 Å². The summed E-state index contributed by atoms with van der Waals surface area (Å²) >= 11 is 3.51. The van der Waals surface area contributed by atoms with Crippen LogP contribution in [0.1, 0.15) is 0 Å². The Labute approximate surface area is 114 Å². The Morgan fingerprint density at radius 2 is 1.89 bits per heavy atom. The molecular weight excluding hydrogens is 289 g/mol. The molecule has 0 N–H and O–H groups in total. The van der Waals surface area contributed by atoms with E-state index in [1.807, 2.05) is 18.2 Å². The molecule has 4 heteroatoms. The lowest BCUT2D eigenvalue weighted by molar-refractivity contribution is 0.475. The molecule has 0 amide bonds. The predicted molar refractivity (Wildman–Crippen MR) is 79.2 cm³/mol. The third kappa shape index (κ3) is 1.24. The van der Waals surface area contributed by atoms with Crippen LogP contribution in [-0.4, -0.2) is 12.4 Å². The number of halogens is 1. The van der Waals surface area contributed by atoms with Crippen molar-refractivity contribution >= 4 is 40.1 Å². The van der Waals surface area contributed by atoms with Crippen molar-refractivity contribution in [1.29, 1.82) is 0 Å². The number of rotatable bonds is 0. The molecule has 0 atom stereocenters. The van der Waals surface area contributed by atoms with Gasteiger partial charge in [0.1, 0.15) is 7.85 Å². The normalized spacial score (nSPS) is 12.3. The molecule has 0 saturated heterocycles. The van der Waals surface area contributed by atoms with Crippen LogP contribution in [0.15, 0.2) is 47.1 Å². The van der Waals surface area contributed by atoms with Crippen LogP contribution in [-0.2, 0) is 0 Å². The molecule has 0 aliphatic carbocycles. The summed E-state index contributed by atoms with van der Waals surface area (Å²) in [5, 5.41) is 1.25. The van der Waals surface area contributed by atoms with Crippen molar-refractivity contribution in [1.82, 2.24) is 4.57 Å². The van der Waals surface area contributed by atoms with Crippen LogP contribution in [0.5, 0.6) is 11.5 Å². The Balaban J connectivity index is 2.16. The Morgan fingerprint density at radius 3 is 2.78 bits per heavy atom. The topological polar surface area (TPSA) is 14.2 Å². The van der Waals surface area contributed by atoms with E-state index in [4.69, 9.17) is 4.74 Å². The molecule has 1 aliphatic rings. The number of benzene rings is 2. The van der Waals surface area contributed by atoms with E-state index in [1.165, 1.54) is 10.8 Å². The van der Waals surface area contributed by atoms with Gasteiger partial charge in [0.2, 0.25) is 0 Å². The number of hydrogen-bond acceptors (Lipinski definition) is 1. The first-order chi connectivity index (χ1) is 8.74. The minimum absolute atomic E-state index is 0.895. The second kappa shape index (κ2) is 3.42. The Bertz CT molecular complexity index is 794. The molecule has 1 aliphatic heterocycles. The molecule has 2 nitrogen and oxygen atoms in total. The summed E-state index contributed by atoms with van der Waals surface area (Å²) in [6, 6.07) is 12.4. The second-order valence-corrected chi connectivity index (χ2v) is 5.46. The van der Waals surface area contributed by atoms with E-state index >= 15 is 0 Å². The molecule has 0 saturated carbocycles. The fourth-order valence-corrected chi connectivity index (χ4v) is 2.89. The highest BCUT2D eigenvalue weighted by Gasteiger charge is 2.20. The van der Waals surface area contributed by atoms with Crippen LogP contribution in [0.3, 0.4) is 0 Å². The first-order valence-electron chi connectivity index (χ1n) is 5.82. The van der Waals surface area contributed by atoms with Crippen molar-refractivity contribution in [3.63, 3.8) is 0 Å². The van der Waals surface area contributed by atoms with Gasteiger partial charge in [0.15, 0.2) is 11.5 Å². The molecule has 2 aromatic carbocycles. The van der Waals surface area contributed by atoms with Gasteiger partial charge in [0, 0.05) is 10.7 Å². The van der Waals surface area contributed by atoms with E-state index in [0.717, 1.165) is 27.2 Å². The van der Waals surface area contributed by atoms with Gasteiger partial charge in [-0.3, -0.25) is 0 Å². The highest BCUT2D eigenvalue weighted by molar-refractivity contribution is 9.10. The molecule has 0 fully saturated rings. The fourth-order valence-electron chi connectivity index (χ4n) is 2.54. The number of nitrogens with zero attached hydrogens (tertiary/aromatic N) is 1. The minimum Gasteiger partial charge on any atom is -0.453 e. The summed E-state index contributed by atoms with van der Waals surface area (Å²) in [6.45, 7) is 0. The molecule has 2 heterocycles. The SMILES string of the molecule is Bc1ccc2c3c1ccn3-c1cc(Br)ccc1O2. The van der Waals surface area contributed by atoms with Gasteiger partial charge in [-0.2, -0.15) is 0 Å². The lowest BCUT2D eigenvalue weighted by atomic mass is 9.92. The molecule has 3 aromatic rings. The zero-order valence-electron chi connectivity index (χ0n) is 9.77. The van der Waals surface area contributed by atoms with Crippen LogP contribution < -0.4 is 10.2 Å². The standard InChI is InChI=1S/C14H9BBrNO/c15-10-2-4-13-14-9(10)5-6-17(14)11-7-8(16)1-3-12(11)18-13/h1-7H,15H2. The van der Waals surface area contributed by atoms with Gasteiger partial charge < -0.3 is 9.30 Å². The smallest absolute Gasteiger partial charge is 0.152 e. The van der Waals surface area contributed by atoms with Crippen molar-refractivity contribution in [3.05, 3.63) is 47.1 Å². The van der Waals surface area contributed by atoms with Crippen LogP contribution >= 0.6 is 15.9 Å². The van der Waals surface area contributed by atoms with Crippen LogP contribution in [0.25, 0.3) is 16.6 Å². The number of aromatic nitrogens is 1. The van der Waals surface area contributed by atoms with Crippen LogP contribution in [0.2, 0.25) is 0 Å².